The highest BCUT2D eigenvalue weighted by atomic mass is 35.5. The van der Waals surface area contributed by atoms with Crippen LogP contribution in [0.3, 0.4) is 0 Å². The quantitative estimate of drug-likeness (QED) is 0.925. The van der Waals surface area contributed by atoms with Crippen LogP contribution in [-0.4, -0.2) is 36.5 Å². The Morgan fingerprint density at radius 2 is 2.00 bits per heavy atom. The molecular weight excluding hydrogens is 284 g/mol. The van der Waals surface area contributed by atoms with E-state index in [1.54, 1.807) is 0 Å². The van der Waals surface area contributed by atoms with Crippen LogP contribution in [0.1, 0.15) is 12.5 Å². The maximum Gasteiger partial charge on any atom is 0.227 e. The number of nitrogens with one attached hydrogen (secondary N) is 1. The number of carbonyl (C=O) groups excluding carboxylic acids is 1. The average molecular weight is 305 g/mol. The third-order valence-corrected chi connectivity index (χ3v) is 4.04. The Labute approximate surface area is 131 Å². The molecule has 4 heteroatoms. The Balaban J connectivity index is 0.00000161. The van der Waals surface area contributed by atoms with Gasteiger partial charge in [-0.05, 0) is 23.3 Å². The minimum absolute atomic E-state index is 0. The van der Waals surface area contributed by atoms with Gasteiger partial charge < -0.3 is 10.2 Å². The lowest BCUT2D eigenvalue weighted by Crippen LogP contribution is -2.52. The van der Waals surface area contributed by atoms with Crippen LogP contribution in [0.15, 0.2) is 42.5 Å². The lowest BCUT2D eigenvalue weighted by molar-refractivity contribution is -0.133. The van der Waals surface area contributed by atoms with E-state index in [1.807, 2.05) is 23.1 Å². The van der Waals surface area contributed by atoms with Gasteiger partial charge in [0.1, 0.15) is 0 Å². The minimum Gasteiger partial charge on any atom is -0.337 e. The maximum absolute atomic E-state index is 12.5. The highest BCUT2D eigenvalue weighted by Crippen LogP contribution is 2.20. The zero-order valence-electron chi connectivity index (χ0n) is 12.2. The molecule has 0 bridgehead atoms. The molecule has 0 spiro atoms. The topological polar surface area (TPSA) is 32.3 Å². The van der Waals surface area contributed by atoms with Gasteiger partial charge in [0.05, 0.1) is 6.42 Å². The molecule has 1 saturated heterocycles. The zero-order valence-corrected chi connectivity index (χ0v) is 13.0. The van der Waals surface area contributed by atoms with Crippen molar-refractivity contribution in [3.05, 3.63) is 48.0 Å². The van der Waals surface area contributed by atoms with Gasteiger partial charge in [-0.1, -0.05) is 42.5 Å². The largest absolute Gasteiger partial charge is 0.337 e. The predicted molar refractivity (Wildman–Crippen MR) is 88.9 cm³/mol. The molecule has 0 aromatic heterocycles. The van der Waals surface area contributed by atoms with Crippen LogP contribution >= 0.6 is 12.4 Å². The Morgan fingerprint density at radius 3 is 2.81 bits per heavy atom. The summed E-state index contributed by atoms with van der Waals surface area (Å²) in [5.74, 6) is 0.232. The van der Waals surface area contributed by atoms with Gasteiger partial charge in [-0.15, -0.1) is 12.4 Å². The van der Waals surface area contributed by atoms with Crippen LogP contribution in [0.25, 0.3) is 10.8 Å². The Hall–Kier alpha value is -1.58. The molecule has 1 aliphatic heterocycles. The van der Waals surface area contributed by atoms with E-state index >= 15 is 0 Å². The monoisotopic (exact) mass is 304 g/mol. The Kier molecular flexibility index (Phi) is 5.21. The molecule has 3 nitrogen and oxygen atoms in total. The second-order valence-electron chi connectivity index (χ2n) is 5.46. The van der Waals surface area contributed by atoms with E-state index in [0.29, 0.717) is 6.42 Å². The zero-order chi connectivity index (χ0) is 13.9. The summed E-state index contributed by atoms with van der Waals surface area (Å²) in [6.45, 7) is 4.70. The maximum atomic E-state index is 12.5. The summed E-state index contributed by atoms with van der Waals surface area (Å²) in [6, 6.07) is 14.7. The number of halogens is 1. The van der Waals surface area contributed by atoms with Crippen molar-refractivity contribution in [2.45, 2.75) is 19.4 Å². The van der Waals surface area contributed by atoms with E-state index < -0.39 is 0 Å². The van der Waals surface area contributed by atoms with Gasteiger partial charge in [0.2, 0.25) is 5.91 Å². The van der Waals surface area contributed by atoms with Crippen LogP contribution < -0.4 is 5.32 Å². The number of carbonyl (C=O) groups is 1. The third kappa shape index (κ3) is 3.36. The van der Waals surface area contributed by atoms with Gasteiger partial charge in [-0.25, -0.2) is 0 Å². The molecule has 0 aliphatic carbocycles. The normalized spacial score (nSPS) is 18.3. The van der Waals surface area contributed by atoms with Crippen molar-refractivity contribution < 1.29 is 4.79 Å². The summed E-state index contributed by atoms with van der Waals surface area (Å²) in [6.07, 6.45) is 0.492. The molecule has 21 heavy (non-hydrogen) atoms. The molecule has 3 rings (SSSR count). The molecule has 112 valence electrons. The number of piperazine rings is 1. The first kappa shape index (κ1) is 15.8. The molecule has 2 aromatic rings. The second-order valence-corrected chi connectivity index (χ2v) is 5.46. The lowest BCUT2D eigenvalue weighted by atomic mass is 10.0. The number of hydrogen-bond acceptors (Lipinski definition) is 2. The number of fused-ring (bicyclic) bond motifs is 1. The molecule has 1 unspecified atom stereocenters. The van der Waals surface area contributed by atoms with Gasteiger partial charge in [0, 0.05) is 25.7 Å². The van der Waals surface area contributed by atoms with E-state index in [2.05, 4.69) is 36.5 Å². The van der Waals surface area contributed by atoms with E-state index in [-0.39, 0.29) is 24.4 Å². The van der Waals surface area contributed by atoms with Crippen LogP contribution in [-0.2, 0) is 11.2 Å². The van der Waals surface area contributed by atoms with Crippen molar-refractivity contribution >= 4 is 29.1 Å². The fourth-order valence-electron chi connectivity index (χ4n) is 2.92. The smallest absolute Gasteiger partial charge is 0.227 e. The molecule has 1 N–H and O–H groups in total. The summed E-state index contributed by atoms with van der Waals surface area (Å²) < 4.78 is 0. The SMILES string of the molecule is CC1CNCCN1C(=O)Cc1cccc2ccccc12.Cl. The van der Waals surface area contributed by atoms with Crippen molar-refractivity contribution in [3.63, 3.8) is 0 Å². The number of hydrogen-bond donors (Lipinski definition) is 1. The fourth-order valence-corrected chi connectivity index (χ4v) is 2.92. The summed E-state index contributed by atoms with van der Waals surface area (Å²) in [5, 5.41) is 5.71. The van der Waals surface area contributed by atoms with Gasteiger partial charge in [-0.2, -0.15) is 0 Å². The Bertz CT molecular complexity index is 624. The first-order valence-corrected chi connectivity index (χ1v) is 7.22. The molecule has 1 fully saturated rings. The summed E-state index contributed by atoms with van der Waals surface area (Å²) >= 11 is 0. The van der Waals surface area contributed by atoms with E-state index in [4.69, 9.17) is 0 Å². The number of nitrogens with zero attached hydrogens (tertiary/aromatic N) is 1. The minimum atomic E-state index is 0. The number of rotatable bonds is 2. The molecule has 1 heterocycles. The fraction of sp³-hybridized carbons (Fsp3) is 0.353. The van der Waals surface area contributed by atoms with E-state index in [1.165, 1.54) is 10.8 Å². The van der Waals surface area contributed by atoms with Crippen LogP contribution in [0, 0.1) is 0 Å². The van der Waals surface area contributed by atoms with E-state index in [0.717, 1.165) is 25.2 Å². The average Bonchev–Trinajstić information content (AvgIpc) is 2.48. The van der Waals surface area contributed by atoms with Gasteiger partial charge in [0.25, 0.3) is 0 Å². The van der Waals surface area contributed by atoms with Crippen LogP contribution in [0.2, 0.25) is 0 Å². The van der Waals surface area contributed by atoms with Crippen molar-refractivity contribution in [1.82, 2.24) is 10.2 Å². The van der Waals surface area contributed by atoms with Crippen molar-refractivity contribution in [1.29, 1.82) is 0 Å². The van der Waals surface area contributed by atoms with E-state index in [9.17, 15) is 4.79 Å². The summed E-state index contributed by atoms with van der Waals surface area (Å²) in [4.78, 5) is 14.5. The molecular formula is C17H21ClN2O. The number of benzene rings is 2. The molecule has 2 aromatic carbocycles. The molecule has 1 aliphatic rings. The van der Waals surface area contributed by atoms with Crippen LogP contribution in [0.5, 0.6) is 0 Å². The first-order chi connectivity index (χ1) is 9.75. The standard InChI is InChI=1S/C17H20N2O.ClH/c1-13-12-18-9-10-19(13)17(20)11-15-7-4-6-14-5-2-3-8-16(14)15;/h2-8,13,18H,9-12H2,1H3;1H. The van der Waals surface area contributed by atoms with Gasteiger partial charge in [0.15, 0.2) is 0 Å². The van der Waals surface area contributed by atoms with Crippen molar-refractivity contribution in [2.75, 3.05) is 19.6 Å². The van der Waals surface area contributed by atoms with Crippen molar-refractivity contribution in [2.24, 2.45) is 0 Å². The van der Waals surface area contributed by atoms with Gasteiger partial charge >= 0.3 is 0 Å². The summed E-state index contributed by atoms with van der Waals surface area (Å²) in [5.41, 5.74) is 1.12. The molecule has 0 saturated carbocycles. The second kappa shape index (κ2) is 6.92. The molecule has 0 radical (unpaired) electrons. The lowest BCUT2D eigenvalue weighted by Gasteiger charge is -2.34. The van der Waals surface area contributed by atoms with Gasteiger partial charge in [-0.3, -0.25) is 4.79 Å². The summed E-state index contributed by atoms with van der Waals surface area (Å²) in [7, 11) is 0. The number of amides is 1. The Morgan fingerprint density at radius 1 is 1.24 bits per heavy atom. The molecule has 1 atom stereocenters. The predicted octanol–water partition coefficient (Wildman–Crippen LogP) is 2.62. The molecule has 1 amide bonds. The third-order valence-electron chi connectivity index (χ3n) is 4.04. The highest BCUT2D eigenvalue weighted by Gasteiger charge is 2.23. The first-order valence-electron chi connectivity index (χ1n) is 7.22. The van der Waals surface area contributed by atoms with Crippen molar-refractivity contribution in [3.8, 4) is 0 Å². The highest BCUT2D eigenvalue weighted by molar-refractivity contribution is 5.90. The van der Waals surface area contributed by atoms with Crippen LogP contribution in [0.4, 0.5) is 0 Å².